The number of rotatable bonds is 11. The van der Waals surface area contributed by atoms with Crippen LogP contribution in [0.3, 0.4) is 0 Å². The summed E-state index contributed by atoms with van der Waals surface area (Å²) in [5, 5.41) is 34.8. The van der Waals surface area contributed by atoms with E-state index in [1.165, 1.54) is 6.92 Å². The summed E-state index contributed by atoms with van der Waals surface area (Å²) in [5.74, 6) is 0. The molecule has 6 N–H and O–H groups in total. The second kappa shape index (κ2) is 12.7. The Morgan fingerprint density at radius 3 is 2.24 bits per heavy atom. The monoisotopic (exact) mass is 513 g/mol. The SMILES string of the molecule is C=Cc1ccccc1CCC(O)C(NC(=O)OC(C)(C)C)N(C(=O)O)C(N)(Cc1ccccc1)C(C)O. The summed E-state index contributed by atoms with van der Waals surface area (Å²) < 4.78 is 5.34. The van der Waals surface area contributed by atoms with Gasteiger partial charge in [-0.2, -0.15) is 0 Å². The fourth-order valence-corrected chi connectivity index (χ4v) is 4.10. The summed E-state index contributed by atoms with van der Waals surface area (Å²) in [6, 6.07) is 16.3. The second-order valence-electron chi connectivity index (χ2n) is 10.1. The predicted molar refractivity (Wildman–Crippen MR) is 143 cm³/mol. The minimum atomic E-state index is -1.90. The second-order valence-corrected chi connectivity index (χ2v) is 10.1. The fourth-order valence-electron chi connectivity index (χ4n) is 4.10. The standard InChI is InChI=1S/C28H39N3O6/c1-6-21-14-10-11-15-22(21)16-17-23(33)24(30-25(34)37-27(3,4)5)31(26(35)36)28(29,19(2)32)18-20-12-8-7-9-13-20/h6-15,19,23-24,32-33H,1,16-18,29H2,2-5H3,(H,30,34)(H,35,36). The summed E-state index contributed by atoms with van der Waals surface area (Å²) in [4.78, 5) is 26.1. The molecular weight excluding hydrogens is 474 g/mol. The lowest BCUT2D eigenvalue weighted by molar-refractivity contribution is -0.0714. The summed E-state index contributed by atoms with van der Waals surface area (Å²) in [7, 11) is 0. The molecule has 9 heteroatoms. The van der Waals surface area contributed by atoms with Crippen molar-refractivity contribution in [2.75, 3.05) is 0 Å². The van der Waals surface area contributed by atoms with Gasteiger partial charge in [0.2, 0.25) is 0 Å². The number of hydrogen-bond donors (Lipinski definition) is 5. The molecule has 37 heavy (non-hydrogen) atoms. The van der Waals surface area contributed by atoms with Crippen LogP contribution < -0.4 is 11.1 Å². The Morgan fingerprint density at radius 2 is 1.70 bits per heavy atom. The van der Waals surface area contributed by atoms with Gasteiger partial charge in [0.25, 0.3) is 0 Å². The highest BCUT2D eigenvalue weighted by atomic mass is 16.6. The van der Waals surface area contributed by atoms with Crippen molar-refractivity contribution in [3.8, 4) is 0 Å². The molecule has 0 heterocycles. The number of benzene rings is 2. The quantitative estimate of drug-likeness (QED) is 0.288. The number of aliphatic hydroxyl groups is 2. The lowest BCUT2D eigenvalue weighted by atomic mass is 9.92. The Hall–Kier alpha value is -3.40. The molecule has 0 saturated carbocycles. The first-order valence-corrected chi connectivity index (χ1v) is 12.2. The number of hydrogen-bond acceptors (Lipinski definition) is 6. The Kier molecular flexibility index (Phi) is 10.2. The maximum atomic E-state index is 12.7. The van der Waals surface area contributed by atoms with Crippen LogP contribution >= 0.6 is 0 Å². The Labute approximate surface area is 218 Å². The third-order valence-corrected chi connectivity index (χ3v) is 6.00. The molecule has 0 aliphatic rings. The highest BCUT2D eigenvalue weighted by Crippen LogP contribution is 2.26. The highest BCUT2D eigenvalue weighted by molar-refractivity contribution is 5.71. The lowest BCUT2D eigenvalue weighted by Gasteiger charge is -2.46. The molecule has 0 fully saturated rings. The Balaban J connectivity index is 2.47. The molecular formula is C28H39N3O6. The molecule has 0 saturated heterocycles. The number of nitrogens with two attached hydrogens (primary N) is 1. The molecule has 0 spiro atoms. The molecule has 2 amide bonds. The van der Waals surface area contributed by atoms with Gasteiger partial charge >= 0.3 is 12.2 Å². The van der Waals surface area contributed by atoms with Crippen LogP contribution in [-0.4, -0.2) is 62.0 Å². The molecule has 202 valence electrons. The highest BCUT2D eigenvalue weighted by Gasteiger charge is 2.47. The van der Waals surface area contributed by atoms with Crippen molar-refractivity contribution >= 4 is 18.3 Å². The van der Waals surface area contributed by atoms with Gasteiger partial charge in [0.1, 0.15) is 17.4 Å². The first kappa shape index (κ1) is 29.8. The van der Waals surface area contributed by atoms with Crippen molar-refractivity contribution in [2.45, 2.75) is 76.6 Å². The molecule has 0 bridgehead atoms. The van der Waals surface area contributed by atoms with Crippen LogP contribution in [0, 0.1) is 0 Å². The number of aliphatic hydroxyl groups excluding tert-OH is 2. The van der Waals surface area contributed by atoms with E-state index < -0.39 is 41.8 Å². The topological polar surface area (TPSA) is 145 Å². The maximum absolute atomic E-state index is 12.7. The van der Waals surface area contributed by atoms with Gasteiger partial charge < -0.3 is 25.8 Å². The third kappa shape index (κ3) is 8.31. The molecule has 0 aliphatic carbocycles. The van der Waals surface area contributed by atoms with Gasteiger partial charge in [-0.15, -0.1) is 0 Å². The molecule has 0 radical (unpaired) electrons. The van der Waals surface area contributed by atoms with Crippen molar-refractivity contribution in [2.24, 2.45) is 5.73 Å². The normalized spacial score (nSPS) is 15.5. The van der Waals surface area contributed by atoms with Gasteiger partial charge in [0.15, 0.2) is 0 Å². The van der Waals surface area contributed by atoms with Gasteiger partial charge in [-0.1, -0.05) is 67.3 Å². The van der Waals surface area contributed by atoms with Crippen LogP contribution in [0.25, 0.3) is 6.08 Å². The number of nitrogens with one attached hydrogen (secondary N) is 1. The summed E-state index contributed by atoms with van der Waals surface area (Å²) >= 11 is 0. The van der Waals surface area contributed by atoms with E-state index in [2.05, 4.69) is 11.9 Å². The molecule has 4 atom stereocenters. The van der Waals surface area contributed by atoms with E-state index >= 15 is 0 Å². The van der Waals surface area contributed by atoms with Gasteiger partial charge in [0.05, 0.1) is 12.2 Å². The average molecular weight is 514 g/mol. The molecule has 4 unspecified atom stereocenters. The molecule has 9 nitrogen and oxygen atoms in total. The smallest absolute Gasteiger partial charge is 0.410 e. The van der Waals surface area contributed by atoms with Crippen LogP contribution in [0.4, 0.5) is 9.59 Å². The summed E-state index contributed by atoms with van der Waals surface area (Å²) in [6.45, 7) is 10.2. The maximum Gasteiger partial charge on any atom is 0.410 e. The van der Waals surface area contributed by atoms with Gasteiger partial charge in [0, 0.05) is 6.42 Å². The largest absolute Gasteiger partial charge is 0.465 e. The van der Waals surface area contributed by atoms with E-state index in [-0.39, 0.29) is 12.8 Å². The first-order valence-electron chi connectivity index (χ1n) is 12.2. The number of nitrogens with zero attached hydrogens (tertiary/aromatic N) is 1. The van der Waals surface area contributed by atoms with Gasteiger partial charge in [-0.25, -0.2) is 9.59 Å². The Bertz CT molecular complexity index is 1050. The van der Waals surface area contributed by atoms with Crippen LogP contribution in [0.15, 0.2) is 61.2 Å². The minimum absolute atomic E-state index is 0.0731. The summed E-state index contributed by atoms with van der Waals surface area (Å²) in [6.07, 6.45) is -4.65. The number of aryl methyl sites for hydroxylation is 1. The van der Waals surface area contributed by atoms with Crippen molar-refractivity contribution in [3.05, 3.63) is 77.9 Å². The molecule has 2 rings (SSSR count). The van der Waals surface area contributed by atoms with Crippen molar-refractivity contribution in [1.29, 1.82) is 0 Å². The number of ether oxygens (including phenoxy) is 1. The van der Waals surface area contributed by atoms with E-state index in [9.17, 15) is 24.9 Å². The number of amides is 2. The van der Waals surface area contributed by atoms with E-state index in [0.717, 1.165) is 16.0 Å². The van der Waals surface area contributed by atoms with Crippen LogP contribution in [0.2, 0.25) is 0 Å². The Morgan fingerprint density at radius 1 is 1.11 bits per heavy atom. The predicted octanol–water partition coefficient (Wildman–Crippen LogP) is 3.73. The molecule has 2 aromatic rings. The molecule has 2 aromatic carbocycles. The van der Waals surface area contributed by atoms with Gasteiger partial charge in [-0.3, -0.25) is 10.2 Å². The summed E-state index contributed by atoms with van der Waals surface area (Å²) in [5.41, 5.74) is 6.27. The van der Waals surface area contributed by atoms with E-state index in [1.54, 1.807) is 57.2 Å². The van der Waals surface area contributed by atoms with Crippen molar-refractivity contribution in [3.63, 3.8) is 0 Å². The zero-order valence-corrected chi connectivity index (χ0v) is 21.9. The molecule has 0 aromatic heterocycles. The first-order chi connectivity index (χ1) is 17.3. The van der Waals surface area contributed by atoms with E-state index in [0.29, 0.717) is 12.0 Å². The number of carboxylic acid groups (broad SMARTS) is 1. The average Bonchev–Trinajstić information content (AvgIpc) is 2.81. The number of carbonyl (C=O) groups is 2. The lowest BCUT2D eigenvalue weighted by Crippen LogP contribution is -2.73. The van der Waals surface area contributed by atoms with E-state index in [4.69, 9.17) is 10.5 Å². The van der Waals surface area contributed by atoms with Crippen molar-refractivity contribution in [1.82, 2.24) is 10.2 Å². The zero-order chi connectivity index (χ0) is 27.8. The van der Waals surface area contributed by atoms with Crippen LogP contribution in [-0.2, 0) is 17.6 Å². The number of carbonyl (C=O) groups excluding carboxylic acids is 1. The third-order valence-electron chi connectivity index (χ3n) is 6.00. The van der Waals surface area contributed by atoms with Crippen LogP contribution in [0.1, 0.15) is 50.8 Å². The van der Waals surface area contributed by atoms with Crippen molar-refractivity contribution < 1.29 is 29.6 Å². The molecule has 0 aliphatic heterocycles. The fraction of sp³-hybridized carbons (Fsp3) is 0.429. The zero-order valence-electron chi connectivity index (χ0n) is 21.9. The van der Waals surface area contributed by atoms with Crippen LogP contribution in [0.5, 0.6) is 0 Å². The minimum Gasteiger partial charge on any atom is -0.465 e. The van der Waals surface area contributed by atoms with E-state index in [1.807, 2.05) is 24.3 Å². The number of alkyl carbamates (subject to hydrolysis) is 1. The van der Waals surface area contributed by atoms with Gasteiger partial charge in [-0.05, 0) is 57.2 Å².